The van der Waals surface area contributed by atoms with Crippen molar-refractivity contribution in [2.75, 3.05) is 17.7 Å². The van der Waals surface area contributed by atoms with Gasteiger partial charge in [0.05, 0.1) is 24.4 Å². The summed E-state index contributed by atoms with van der Waals surface area (Å²) in [5.41, 5.74) is 3.44. The van der Waals surface area contributed by atoms with Crippen LogP contribution in [0.2, 0.25) is 0 Å². The fourth-order valence-corrected chi connectivity index (χ4v) is 4.00. The number of carbonyl (C=O) groups excluding carboxylic acids is 2. The first kappa shape index (κ1) is 19.4. The number of carbonyl (C=O) groups is 2. The molecular weight excluding hydrogens is 371 g/mol. The summed E-state index contributed by atoms with van der Waals surface area (Å²) in [5.74, 6) is -0.891. The van der Waals surface area contributed by atoms with Crippen LogP contribution in [-0.2, 0) is 16.0 Å². The molecule has 2 aromatic rings. The third-order valence-electron chi connectivity index (χ3n) is 5.78. The largest absolute Gasteiger partial charge is 0.465 e. The predicted molar refractivity (Wildman–Crippen MR) is 109 cm³/mol. The van der Waals surface area contributed by atoms with Crippen LogP contribution in [0.5, 0.6) is 0 Å². The molecule has 2 aliphatic rings. The molecule has 6 heteroatoms. The molecule has 4 rings (SSSR count). The highest BCUT2D eigenvalue weighted by molar-refractivity contribution is 5.94. The third-order valence-corrected chi connectivity index (χ3v) is 5.78. The normalized spacial score (nSPS) is 19.7. The van der Waals surface area contributed by atoms with Crippen molar-refractivity contribution in [3.63, 3.8) is 0 Å². The van der Waals surface area contributed by atoms with Crippen molar-refractivity contribution in [1.82, 2.24) is 0 Å². The highest BCUT2D eigenvalue weighted by Gasteiger charge is 2.37. The van der Waals surface area contributed by atoms with Crippen molar-refractivity contribution in [2.24, 2.45) is 11.3 Å². The first-order valence-corrected chi connectivity index (χ1v) is 9.86. The smallest absolute Gasteiger partial charge is 0.337 e. The number of hydrogen-bond acceptors (Lipinski definition) is 4. The maximum Gasteiger partial charge on any atom is 0.337 e. The van der Waals surface area contributed by atoms with Gasteiger partial charge in [-0.2, -0.15) is 0 Å². The molecule has 1 unspecified atom stereocenters. The minimum atomic E-state index is -0.431. The molecule has 1 saturated carbocycles. The van der Waals surface area contributed by atoms with Crippen molar-refractivity contribution in [3.8, 4) is 0 Å². The summed E-state index contributed by atoms with van der Waals surface area (Å²) in [6.07, 6.45) is 2.48. The molecule has 0 saturated heterocycles. The molecule has 0 spiro atoms. The van der Waals surface area contributed by atoms with Crippen LogP contribution in [0, 0.1) is 17.2 Å². The van der Waals surface area contributed by atoms with E-state index in [9.17, 15) is 14.0 Å². The van der Waals surface area contributed by atoms with Crippen LogP contribution in [0.4, 0.5) is 15.8 Å². The lowest BCUT2D eigenvalue weighted by atomic mass is 9.72. The minimum Gasteiger partial charge on any atom is -0.465 e. The van der Waals surface area contributed by atoms with Crippen LogP contribution in [0.25, 0.3) is 0 Å². The molecule has 1 atom stereocenters. The molecule has 5 nitrogen and oxygen atoms in total. The topological polar surface area (TPSA) is 67.4 Å². The first-order valence-electron chi connectivity index (χ1n) is 9.86. The summed E-state index contributed by atoms with van der Waals surface area (Å²) >= 11 is 0. The number of anilines is 2. The van der Waals surface area contributed by atoms with Gasteiger partial charge in [-0.3, -0.25) is 4.79 Å². The Morgan fingerprint density at radius 1 is 1.17 bits per heavy atom. The second-order valence-electron chi connectivity index (χ2n) is 8.61. The van der Waals surface area contributed by atoms with E-state index < -0.39 is 5.82 Å². The van der Waals surface area contributed by atoms with Crippen molar-refractivity contribution < 1.29 is 18.7 Å². The lowest BCUT2D eigenvalue weighted by Gasteiger charge is -2.41. The Hall–Kier alpha value is -2.89. The summed E-state index contributed by atoms with van der Waals surface area (Å²) in [5, 5.41) is 6.27. The molecule has 2 N–H and O–H groups in total. The molecule has 1 heterocycles. The Labute approximate surface area is 169 Å². The minimum absolute atomic E-state index is 0.0122. The summed E-state index contributed by atoms with van der Waals surface area (Å²) in [6.45, 7) is 4.26. The molecule has 29 heavy (non-hydrogen) atoms. The molecule has 0 aromatic heterocycles. The number of hydrogen-bond donors (Lipinski definition) is 2. The van der Waals surface area contributed by atoms with E-state index in [1.165, 1.54) is 13.2 Å². The van der Waals surface area contributed by atoms with Gasteiger partial charge in [0.15, 0.2) is 0 Å². The van der Waals surface area contributed by atoms with Gasteiger partial charge in [0.1, 0.15) is 5.82 Å². The molecule has 152 valence electrons. The van der Waals surface area contributed by atoms with Gasteiger partial charge in [0, 0.05) is 11.6 Å². The van der Waals surface area contributed by atoms with Crippen molar-refractivity contribution in [2.45, 2.75) is 39.2 Å². The van der Waals surface area contributed by atoms with Gasteiger partial charge in [-0.15, -0.1) is 0 Å². The summed E-state index contributed by atoms with van der Waals surface area (Å²) in [4.78, 5) is 23.9. The molecule has 0 bridgehead atoms. The predicted octanol–water partition coefficient (Wildman–Crippen LogP) is 4.70. The lowest BCUT2D eigenvalue weighted by molar-refractivity contribution is -0.117. The zero-order valence-corrected chi connectivity index (χ0v) is 16.8. The summed E-state index contributed by atoms with van der Waals surface area (Å²) in [7, 11) is 1.37. The number of rotatable bonds is 4. The number of benzene rings is 2. The molecule has 1 aliphatic carbocycles. The van der Waals surface area contributed by atoms with Crippen LogP contribution < -0.4 is 10.6 Å². The first-order chi connectivity index (χ1) is 13.8. The zero-order chi connectivity index (χ0) is 20.8. The van der Waals surface area contributed by atoms with Gasteiger partial charge in [-0.05, 0) is 66.1 Å². The number of methoxy groups -OCH3 is 1. The Morgan fingerprint density at radius 2 is 1.93 bits per heavy atom. The number of amides is 1. The fraction of sp³-hybridized carbons (Fsp3) is 0.391. The van der Waals surface area contributed by atoms with E-state index in [-0.39, 0.29) is 34.9 Å². The summed E-state index contributed by atoms with van der Waals surface area (Å²) in [6, 6.07) is 10.3. The average Bonchev–Trinajstić information content (AvgIpc) is 3.53. The highest BCUT2D eigenvalue weighted by atomic mass is 19.1. The fourth-order valence-electron chi connectivity index (χ4n) is 4.00. The SMILES string of the molecule is COC(=O)c1ccc2c(c1)CC(C)(C)C(c1ccc(F)c(NC(=O)C3CC3)c1)N2. The Morgan fingerprint density at radius 3 is 2.62 bits per heavy atom. The van der Waals surface area contributed by atoms with Gasteiger partial charge in [0.2, 0.25) is 5.91 Å². The number of fused-ring (bicyclic) bond motifs is 1. The van der Waals surface area contributed by atoms with E-state index in [0.717, 1.165) is 36.1 Å². The lowest BCUT2D eigenvalue weighted by Crippen LogP contribution is -2.35. The maximum atomic E-state index is 14.3. The van der Waals surface area contributed by atoms with E-state index in [0.29, 0.717) is 5.56 Å². The van der Waals surface area contributed by atoms with Crippen molar-refractivity contribution in [3.05, 3.63) is 58.9 Å². The Balaban J connectivity index is 1.63. The van der Waals surface area contributed by atoms with Crippen LogP contribution >= 0.6 is 0 Å². The number of esters is 1. The van der Waals surface area contributed by atoms with Crippen LogP contribution in [0.15, 0.2) is 36.4 Å². The Bertz CT molecular complexity index is 982. The number of ether oxygens (including phenoxy) is 1. The quantitative estimate of drug-likeness (QED) is 0.736. The van der Waals surface area contributed by atoms with Crippen LogP contribution in [-0.4, -0.2) is 19.0 Å². The van der Waals surface area contributed by atoms with E-state index in [1.807, 2.05) is 12.1 Å². The number of halogens is 1. The molecule has 1 amide bonds. The monoisotopic (exact) mass is 396 g/mol. The average molecular weight is 396 g/mol. The highest BCUT2D eigenvalue weighted by Crippen LogP contribution is 2.45. The van der Waals surface area contributed by atoms with Crippen molar-refractivity contribution in [1.29, 1.82) is 0 Å². The van der Waals surface area contributed by atoms with Gasteiger partial charge in [0.25, 0.3) is 0 Å². The van der Waals surface area contributed by atoms with Gasteiger partial charge >= 0.3 is 5.97 Å². The molecule has 1 aliphatic heterocycles. The van der Waals surface area contributed by atoms with E-state index >= 15 is 0 Å². The molecular formula is C23H25FN2O3. The third kappa shape index (κ3) is 3.84. The van der Waals surface area contributed by atoms with E-state index in [1.54, 1.807) is 18.2 Å². The molecule has 1 fully saturated rings. The summed E-state index contributed by atoms with van der Waals surface area (Å²) < 4.78 is 19.1. The maximum absolute atomic E-state index is 14.3. The van der Waals surface area contributed by atoms with E-state index in [4.69, 9.17) is 4.74 Å². The second-order valence-corrected chi connectivity index (χ2v) is 8.61. The van der Waals surface area contributed by atoms with Crippen LogP contribution in [0.1, 0.15) is 54.2 Å². The number of nitrogens with one attached hydrogen (secondary N) is 2. The van der Waals surface area contributed by atoms with Crippen LogP contribution in [0.3, 0.4) is 0 Å². The van der Waals surface area contributed by atoms with Gasteiger partial charge in [-0.1, -0.05) is 19.9 Å². The Kier molecular flexibility index (Phi) is 4.81. The molecule has 0 radical (unpaired) electrons. The zero-order valence-electron chi connectivity index (χ0n) is 16.8. The molecule has 2 aromatic carbocycles. The second kappa shape index (κ2) is 7.17. The standard InChI is InChI=1S/C23H25FN2O3/c1-23(2)12-16-10-15(22(28)29-3)7-9-18(16)25-20(23)14-6-8-17(24)19(11-14)26-21(27)13-4-5-13/h6-11,13,20,25H,4-5,12H2,1-3H3,(H,26,27). The van der Waals surface area contributed by atoms with E-state index in [2.05, 4.69) is 24.5 Å². The van der Waals surface area contributed by atoms with Gasteiger partial charge < -0.3 is 15.4 Å². The van der Waals surface area contributed by atoms with Crippen molar-refractivity contribution >= 4 is 23.3 Å². The van der Waals surface area contributed by atoms with Gasteiger partial charge in [-0.25, -0.2) is 9.18 Å².